The van der Waals surface area contributed by atoms with E-state index < -0.39 is 52.7 Å². The van der Waals surface area contributed by atoms with Crippen LogP contribution >= 0.6 is 35.7 Å². The molecule has 0 saturated heterocycles. The molecule has 5 nitrogen and oxygen atoms in total. The van der Waals surface area contributed by atoms with Gasteiger partial charge in [0.25, 0.3) is 0 Å². The predicted molar refractivity (Wildman–Crippen MR) is 398 cm³/mol. The van der Waals surface area contributed by atoms with Crippen molar-refractivity contribution in [2.75, 3.05) is 55.8 Å². The van der Waals surface area contributed by atoms with Gasteiger partial charge in [-0.25, -0.2) is 14.4 Å². The zero-order valence-corrected chi connectivity index (χ0v) is 55.7. The van der Waals surface area contributed by atoms with Gasteiger partial charge < -0.3 is 14.2 Å². The van der Waals surface area contributed by atoms with Crippen molar-refractivity contribution >= 4 is 152 Å². The molecular formula is C82H64F2IN3O2S2. The van der Waals surface area contributed by atoms with Crippen LogP contribution in [0, 0.1) is 11.6 Å². The number of benzene rings is 13. The Bertz CT molecular complexity index is 5470. The molecule has 10 heteroatoms. The van der Waals surface area contributed by atoms with Crippen LogP contribution in [0.1, 0.15) is 22.3 Å². The van der Waals surface area contributed by atoms with E-state index in [1.165, 1.54) is 21.9 Å². The summed E-state index contributed by atoms with van der Waals surface area (Å²) in [6, 6.07) is 92.7. The van der Waals surface area contributed by atoms with Crippen LogP contribution in [0.3, 0.4) is 0 Å². The normalized spacial score (nSPS) is 13.9. The second kappa shape index (κ2) is 21.1. The number of hydrogen-bond donors (Lipinski definition) is 0. The summed E-state index contributed by atoms with van der Waals surface area (Å²) < 4.78 is 45.9. The zero-order chi connectivity index (χ0) is 62.5. The van der Waals surface area contributed by atoms with Gasteiger partial charge in [0, 0.05) is 27.5 Å². The molecule has 452 valence electrons. The zero-order valence-electron chi connectivity index (χ0n) is 51.9. The van der Waals surface area contributed by atoms with Crippen molar-refractivity contribution in [2.24, 2.45) is 0 Å². The van der Waals surface area contributed by atoms with Gasteiger partial charge in [-0.1, -0.05) is 91.0 Å². The fourth-order valence-corrected chi connectivity index (χ4v) is 20.9. The Hall–Kier alpha value is -9.33. The first-order valence-corrected chi connectivity index (χ1v) is 43.0. The Morgan fingerprint density at radius 3 is 1.18 bits per heavy atom. The standard InChI is InChI=1S/C82H64F2IN3O2S2/c1-85(2)92(6,7)55-47-43-53(44-48-55)88(73-40-22-32-63-61-30-20-36-69(84)79(61)90-81(63)73)75-50-67-77(59-28-14-12-26-57(59)75)76-58-27-13-11-25-56(58)74(49-66(76)82(67)64-33-15-17-37-70(64)86(51-23-9-8-10-24-51)71-38-18-16-34-65(71)82)87(52-41-45-54(46-42-52)91(3,4)5)72-39-21-31-62-60-29-19-35-68(83)78(60)89-80(62)72/h8-50H,1-7H3. The summed E-state index contributed by atoms with van der Waals surface area (Å²) in [5, 5.41) is 7.37. The van der Waals surface area contributed by atoms with Crippen molar-refractivity contribution in [1.82, 2.24) is 0 Å². The van der Waals surface area contributed by atoms with Gasteiger partial charge in [-0.15, -0.1) is 0 Å². The number of furan rings is 2. The van der Waals surface area contributed by atoms with E-state index in [4.69, 9.17) is 8.83 Å². The summed E-state index contributed by atoms with van der Waals surface area (Å²) in [4.78, 5) is 14.8. The average molecular weight is 1350 g/mol. The summed E-state index contributed by atoms with van der Waals surface area (Å²) >= 11 is -1.29. The SMILES string of the molecule is CI(C)S(C)(C)c1ccc(N(c2cc3c(c4ccccc24)-c2c(cc(N(c4ccc(S(C)(C)C)cc4)c4cccc5c4oc4c(F)cccc45)c4ccccc24)C32c3ccccc3N(c3ccccc3)c3ccccc32)c2cccc3c2oc2c(F)cccc23)cc1. The number of anilines is 9. The van der Waals surface area contributed by atoms with E-state index in [1.54, 1.807) is 12.1 Å². The van der Waals surface area contributed by atoms with Crippen LogP contribution in [-0.2, 0) is 5.41 Å². The third-order valence-electron chi connectivity index (χ3n) is 19.3. The molecule has 1 aliphatic heterocycles. The van der Waals surface area contributed by atoms with Crippen molar-refractivity contribution in [3.05, 3.63) is 295 Å². The number of para-hydroxylation sites is 7. The summed E-state index contributed by atoms with van der Waals surface area (Å²) in [6.45, 7) is 0. The molecule has 0 radical (unpaired) electrons. The molecule has 0 amide bonds. The molecule has 0 unspecified atom stereocenters. The van der Waals surface area contributed by atoms with Crippen LogP contribution in [0.15, 0.2) is 279 Å². The van der Waals surface area contributed by atoms with Crippen molar-refractivity contribution in [2.45, 2.75) is 15.2 Å². The van der Waals surface area contributed by atoms with Crippen LogP contribution < -0.4 is 14.7 Å². The van der Waals surface area contributed by atoms with Gasteiger partial charge in [0.1, 0.15) is 0 Å². The van der Waals surface area contributed by atoms with Crippen LogP contribution in [0.5, 0.6) is 0 Å². The van der Waals surface area contributed by atoms with Gasteiger partial charge in [0.2, 0.25) is 0 Å². The quantitative estimate of drug-likeness (QED) is 0.101. The molecule has 2 aliphatic rings. The molecular weight excluding hydrogens is 1290 g/mol. The molecule has 3 heterocycles. The number of hydrogen-bond acceptors (Lipinski definition) is 5. The minimum absolute atomic E-state index is 0.229. The summed E-state index contributed by atoms with van der Waals surface area (Å²) in [6.07, 6.45) is 11.9. The molecule has 1 aliphatic carbocycles. The van der Waals surface area contributed by atoms with Gasteiger partial charge in [0.15, 0.2) is 17.0 Å². The van der Waals surface area contributed by atoms with E-state index in [-0.39, 0.29) is 11.2 Å². The van der Waals surface area contributed by atoms with Gasteiger partial charge >= 0.3 is 287 Å². The van der Waals surface area contributed by atoms with E-state index in [2.05, 4.69) is 268 Å². The molecule has 0 atom stereocenters. The molecule has 92 heavy (non-hydrogen) atoms. The van der Waals surface area contributed by atoms with Crippen molar-refractivity contribution in [3.8, 4) is 11.1 Å². The Kier molecular flexibility index (Phi) is 13.0. The van der Waals surface area contributed by atoms with E-state index in [0.717, 1.165) is 128 Å². The van der Waals surface area contributed by atoms with Gasteiger partial charge in [-0.2, -0.15) is 0 Å². The fraction of sp³-hybridized carbons (Fsp3) is 0.0976. The fourth-order valence-electron chi connectivity index (χ4n) is 14.8. The third-order valence-corrected chi connectivity index (χ3v) is 38.7. The molecule has 0 N–H and O–H groups in total. The molecule has 2 aromatic heterocycles. The predicted octanol–water partition coefficient (Wildman–Crippen LogP) is 24.3. The summed E-state index contributed by atoms with van der Waals surface area (Å²) in [5.41, 5.74) is 16.0. The van der Waals surface area contributed by atoms with E-state index in [9.17, 15) is 0 Å². The Labute approximate surface area is 542 Å². The second-order valence-electron chi connectivity index (χ2n) is 25.3. The summed E-state index contributed by atoms with van der Waals surface area (Å²) in [5.74, 6) is -0.805. The minimum atomic E-state index is -1.29. The Morgan fingerprint density at radius 1 is 0.359 bits per heavy atom. The second-order valence-corrected chi connectivity index (χ2v) is 47.0. The van der Waals surface area contributed by atoms with Gasteiger partial charge in [-0.3, -0.25) is 0 Å². The van der Waals surface area contributed by atoms with E-state index in [0.29, 0.717) is 11.2 Å². The van der Waals surface area contributed by atoms with Crippen LogP contribution in [-0.4, -0.2) is 41.1 Å². The number of alkyl halides is 2. The molecule has 13 aromatic carbocycles. The topological polar surface area (TPSA) is 36.0 Å². The first kappa shape index (κ1) is 56.6. The van der Waals surface area contributed by atoms with Crippen LogP contribution in [0.2, 0.25) is 0 Å². The number of nitrogens with zero attached hydrogens (tertiary/aromatic N) is 3. The molecule has 0 bridgehead atoms. The summed E-state index contributed by atoms with van der Waals surface area (Å²) in [7, 11) is -2.12. The van der Waals surface area contributed by atoms with Crippen LogP contribution in [0.4, 0.5) is 60.0 Å². The number of fused-ring (bicyclic) bond motifs is 19. The number of rotatable bonds is 10. The van der Waals surface area contributed by atoms with Crippen molar-refractivity contribution < 1.29 is 17.6 Å². The van der Waals surface area contributed by atoms with Gasteiger partial charge in [0.05, 0.1) is 11.4 Å². The molecule has 15 aromatic rings. The Balaban J connectivity index is 1.03. The third kappa shape index (κ3) is 8.28. The monoisotopic (exact) mass is 1350 g/mol. The van der Waals surface area contributed by atoms with E-state index in [1.807, 2.05) is 24.3 Å². The molecule has 17 rings (SSSR count). The molecule has 1 spiro atoms. The van der Waals surface area contributed by atoms with Crippen molar-refractivity contribution in [3.63, 3.8) is 0 Å². The molecule has 0 fully saturated rings. The maximum absolute atomic E-state index is 16.1. The van der Waals surface area contributed by atoms with Crippen LogP contribution in [0.25, 0.3) is 76.5 Å². The first-order chi connectivity index (χ1) is 44.7. The van der Waals surface area contributed by atoms with Crippen molar-refractivity contribution in [1.29, 1.82) is 0 Å². The maximum atomic E-state index is 16.1. The van der Waals surface area contributed by atoms with Gasteiger partial charge in [-0.05, 0) is 84.3 Å². The molecule has 0 saturated carbocycles. The Morgan fingerprint density at radius 2 is 0.739 bits per heavy atom. The number of halogens is 3. The van der Waals surface area contributed by atoms with E-state index >= 15 is 8.78 Å². The first-order valence-electron chi connectivity index (χ1n) is 30.8. The average Bonchev–Trinajstić information content (AvgIpc) is 1.48.